The number of amides is 2. The molecule has 0 unspecified atom stereocenters. The van der Waals surface area contributed by atoms with Crippen LogP contribution in [0.15, 0.2) is 22.7 Å². The summed E-state index contributed by atoms with van der Waals surface area (Å²) in [5.74, 6) is -0.685. The smallest absolute Gasteiger partial charge is 0.258 e. The molecule has 1 aromatic carbocycles. The summed E-state index contributed by atoms with van der Waals surface area (Å²) < 4.78 is 0.687. The van der Waals surface area contributed by atoms with Crippen molar-refractivity contribution in [3.8, 4) is 5.75 Å². The van der Waals surface area contributed by atoms with Crippen molar-refractivity contribution in [3.05, 3.63) is 28.2 Å². The first-order chi connectivity index (χ1) is 9.35. The minimum Gasteiger partial charge on any atom is -0.507 e. The van der Waals surface area contributed by atoms with E-state index in [0.717, 1.165) is 0 Å². The highest BCUT2D eigenvalue weighted by Crippen LogP contribution is 2.23. The van der Waals surface area contributed by atoms with E-state index in [1.54, 1.807) is 13.0 Å². The number of benzene rings is 1. The molecule has 0 saturated carbocycles. The molecule has 0 radical (unpaired) electrons. The highest BCUT2D eigenvalue weighted by Gasteiger charge is 2.20. The van der Waals surface area contributed by atoms with Gasteiger partial charge in [-0.25, -0.2) is 0 Å². The predicted octanol–water partition coefficient (Wildman–Crippen LogP) is 2.14. The number of nitrogens with one attached hydrogen (secondary N) is 1. The number of phenols is 1. The van der Waals surface area contributed by atoms with Crippen molar-refractivity contribution in [2.24, 2.45) is 0 Å². The van der Waals surface area contributed by atoms with Gasteiger partial charge in [0.15, 0.2) is 0 Å². The molecule has 2 N–H and O–H groups in total. The summed E-state index contributed by atoms with van der Waals surface area (Å²) in [7, 11) is 0. The zero-order chi connectivity index (χ0) is 15.3. The van der Waals surface area contributed by atoms with E-state index < -0.39 is 0 Å². The van der Waals surface area contributed by atoms with Crippen LogP contribution in [0.25, 0.3) is 0 Å². The Morgan fingerprint density at radius 3 is 2.55 bits per heavy atom. The molecule has 0 spiro atoms. The van der Waals surface area contributed by atoms with Gasteiger partial charge >= 0.3 is 0 Å². The SMILES string of the molecule is CCN(CC(=O)NC(C)C)C(=O)c1ccc(Br)cc1O. The number of likely N-dealkylation sites (N-methyl/N-ethyl adjacent to an activating group) is 1. The third-order valence-electron chi connectivity index (χ3n) is 2.64. The van der Waals surface area contributed by atoms with Crippen molar-refractivity contribution >= 4 is 27.7 Å². The van der Waals surface area contributed by atoms with Gasteiger partial charge in [0, 0.05) is 17.1 Å². The molecule has 0 atom stereocenters. The van der Waals surface area contributed by atoms with Crippen molar-refractivity contribution in [3.63, 3.8) is 0 Å². The van der Waals surface area contributed by atoms with E-state index in [1.165, 1.54) is 17.0 Å². The van der Waals surface area contributed by atoms with Crippen LogP contribution in [-0.2, 0) is 4.79 Å². The molecule has 0 saturated heterocycles. The number of hydrogen-bond acceptors (Lipinski definition) is 3. The summed E-state index contributed by atoms with van der Waals surface area (Å²) in [6.45, 7) is 5.87. The lowest BCUT2D eigenvalue weighted by Gasteiger charge is -2.21. The lowest BCUT2D eigenvalue weighted by Crippen LogP contribution is -2.42. The van der Waals surface area contributed by atoms with Gasteiger partial charge in [-0.3, -0.25) is 9.59 Å². The molecular formula is C14H19BrN2O3. The Labute approximate surface area is 127 Å². The van der Waals surface area contributed by atoms with Gasteiger partial charge < -0.3 is 15.3 Å². The van der Waals surface area contributed by atoms with Gasteiger partial charge in [-0.1, -0.05) is 15.9 Å². The largest absolute Gasteiger partial charge is 0.507 e. The Bertz CT molecular complexity index is 503. The number of nitrogens with zero attached hydrogens (tertiary/aromatic N) is 1. The molecule has 0 heterocycles. The maximum atomic E-state index is 12.3. The summed E-state index contributed by atoms with van der Waals surface area (Å²) in [5.41, 5.74) is 0.187. The molecule has 0 aromatic heterocycles. The zero-order valence-electron chi connectivity index (χ0n) is 11.8. The zero-order valence-corrected chi connectivity index (χ0v) is 13.4. The topological polar surface area (TPSA) is 69.6 Å². The molecule has 110 valence electrons. The maximum absolute atomic E-state index is 12.3. The Balaban J connectivity index is 2.84. The van der Waals surface area contributed by atoms with Gasteiger partial charge in [0.05, 0.1) is 12.1 Å². The summed E-state index contributed by atoms with van der Waals surface area (Å²) >= 11 is 3.22. The molecule has 0 aliphatic rings. The average molecular weight is 343 g/mol. The highest BCUT2D eigenvalue weighted by atomic mass is 79.9. The molecule has 0 fully saturated rings. The van der Waals surface area contributed by atoms with Crippen LogP contribution < -0.4 is 5.32 Å². The maximum Gasteiger partial charge on any atom is 0.258 e. The minimum absolute atomic E-state index is 0.0248. The molecule has 0 bridgehead atoms. The first kappa shape index (κ1) is 16.5. The number of aromatic hydroxyl groups is 1. The molecule has 6 heteroatoms. The van der Waals surface area contributed by atoms with E-state index in [4.69, 9.17) is 0 Å². The number of phenolic OH excluding ortho intramolecular Hbond substituents is 1. The van der Waals surface area contributed by atoms with Crippen molar-refractivity contribution < 1.29 is 14.7 Å². The van der Waals surface area contributed by atoms with Crippen LogP contribution in [0.3, 0.4) is 0 Å². The molecule has 5 nitrogen and oxygen atoms in total. The first-order valence-electron chi connectivity index (χ1n) is 6.42. The van der Waals surface area contributed by atoms with Gasteiger partial charge in [-0.05, 0) is 39.0 Å². The summed E-state index contributed by atoms with van der Waals surface area (Å²) in [5, 5.41) is 12.5. The Morgan fingerprint density at radius 2 is 2.05 bits per heavy atom. The second-order valence-electron chi connectivity index (χ2n) is 4.70. The summed E-state index contributed by atoms with van der Waals surface area (Å²) in [6.07, 6.45) is 0. The normalized spacial score (nSPS) is 10.4. The first-order valence-corrected chi connectivity index (χ1v) is 7.21. The van der Waals surface area contributed by atoms with Crippen LogP contribution >= 0.6 is 15.9 Å². The van der Waals surface area contributed by atoms with Gasteiger partial charge in [0.1, 0.15) is 5.75 Å². The second-order valence-corrected chi connectivity index (χ2v) is 5.62. The lowest BCUT2D eigenvalue weighted by atomic mass is 10.1. The molecule has 20 heavy (non-hydrogen) atoms. The van der Waals surface area contributed by atoms with Crippen molar-refractivity contribution in [2.45, 2.75) is 26.8 Å². The Kier molecular flexibility index (Phi) is 6.01. The number of hydrogen-bond donors (Lipinski definition) is 2. The van der Waals surface area contributed by atoms with Crippen LogP contribution in [-0.4, -0.2) is 41.0 Å². The fourth-order valence-corrected chi connectivity index (χ4v) is 2.07. The summed E-state index contributed by atoms with van der Waals surface area (Å²) in [6, 6.07) is 4.69. The van der Waals surface area contributed by atoms with E-state index in [1.807, 2.05) is 13.8 Å². The van der Waals surface area contributed by atoms with Gasteiger partial charge in [0.2, 0.25) is 5.91 Å². The van der Waals surface area contributed by atoms with Crippen LogP contribution in [0, 0.1) is 0 Å². The van der Waals surface area contributed by atoms with E-state index in [9.17, 15) is 14.7 Å². The van der Waals surface area contributed by atoms with Crippen LogP contribution in [0.2, 0.25) is 0 Å². The molecular weight excluding hydrogens is 324 g/mol. The van der Waals surface area contributed by atoms with Crippen molar-refractivity contribution in [1.29, 1.82) is 0 Å². The number of rotatable bonds is 5. The van der Waals surface area contributed by atoms with E-state index in [2.05, 4.69) is 21.2 Å². The molecule has 1 aromatic rings. The number of carbonyl (C=O) groups is 2. The van der Waals surface area contributed by atoms with Crippen molar-refractivity contribution in [1.82, 2.24) is 10.2 Å². The highest BCUT2D eigenvalue weighted by molar-refractivity contribution is 9.10. The van der Waals surface area contributed by atoms with Gasteiger partial charge in [-0.2, -0.15) is 0 Å². The standard InChI is InChI=1S/C14H19BrN2O3/c1-4-17(8-13(19)16-9(2)3)14(20)11-6-5-10(15)7-12(11)18/h5-7,9,18H,4,8H2,1-3H3,(H,16,19). The Morgan fingerprint density at radius 1 is 1.40 bits per heavy atom. The molecule has 0 aliphatic carbocycles. The fourth-order valence-electron chi connectivity index (χ4n) is 1.72. The van der Waals surface area contributed by atoms with Gasteiger partial charge in [-0.15, -0.1) is 0 Å². The van der Waals surface area contributed by atoms with E-state index in [-0.39, 0.29) is 35.7 Å². The fraction of sp³-hybridized carbons (Fsp3) is 0.429. The molecule has 0 aliphatic heterocycles. The third-order valence-corrected chi connectivity index (χ3v) is 3.14. The summed E-state index contributed by atoms with van der Waals surface area (Å²) in [4.78, 5) is 25.4. The average Bonchev–Trinajstić information content (AvgIpc) is 2.34. The number of halogens is 1. The quantitative estimate of drug-likeness (QED) is 0.861. The molecule has 1 rings (SSSR count). The predicted molar refractivity (Wildman–Crippen MR) is 80.7 cm³/mol. The monoisotopic (exact) mass is 342 g/mol. The van der Waals surface area contributed by atoms with Crippen LogP contribution in [0.4, 0.5) is 0 Å². The van der Waals surface area contributed by atoms with E-state index >= 15 is 0 Å². The van der Waals surface area contributed by atoms with Crippen LogP contribution in [0.5, 0.6) is 5.75 Å². The van der Waals surface area contributed by atoms with Crippen LogP contribution in [0.1, 0.15) is 31.1 Å². The minimum atomic E-state index is -0.364. The van der Waals surface area contributed by atoms with Gasteiger partial charge in [0.25, 0.3) is 5.91 Å². The molecule has 2 amide bonds. The van der Waals surface area contributed by atoms with E-state index in [0.29, 0.717) is 11.0 Å². The third kappa shape index (κ3) is 4.52. The Hall–Kier alpha value is -1.56. The second kappa shape index (κ2) is 7.28. The number of carbonyl (C=O) groups excluding carboxylic acids is 2. The lowest BCUT2D eigenvalue weighted by molar-refractivity contribution is -0.122. The van der Waals surface area contributed by atoms with Crippen molar-refractivity contribution in [2.75, 3.05) is 13.1 Å².